The molecule has 0 spiro atoms. The molecule has 1 aromatic heterocycles. The number of benzene rings is 1. The molecule has 0 radical (unpaired) electrons. The highest BCUT2D eigenvalue weighted by Crippen LogP contribution is 2.22. The van der Waals surface area contributed by atoms with Crippen LogP contribution in [0.5, 0.6) is 0 Å². The lowest BCUT2D eigenvalue weighted by atomic mass is 9.96. The molecule has 0 fully saturated rings. The van der Waals surface area contributed by atoms with E-state index in [-0.39, 0.29) is 12.2 Å². The first kappa shape index (κ1) is 12.8. The zero-order valence-corrected chi connectivity index (χ0v) is 9.84. The van der Waals surface area contributed by atoms with Crippen molar-refractivity contribution < 1.29 is 18.7 Å². The molecule has 2 rings (SSSR count). The molecule has 2 aromatic rings. The van der Waals surface area contributed by atoms with Crippen LogP contribution in [0.25, 0.3) is 0 Å². The van der Waals surface area contributed by atoms with Crippen LogP contribution in [0.15, 0.2) is 40.8 Å². The van der Waals surface area contributed by atoms with Gasteiger partial charge in [0, 0.05) is 6.42 Å². The van der Waals surface area contributed by atoms with Gasteiger partial charge in [-0.05, 0) is 29.8 Å². The first-order valence-electron chi connectivity index (χ1n) is 5.57. The molecule has 4 nitrogen and oxygen atoms in total. The first-order chi connectivity index (χ1) is 9.10. The summed E-state index contributed by atoms with van der Waals surface area (Å²) in [6.45, 7) is 0. The van der Waals surface area contributed by atoms with Crippen LogP contribution in [0.3, 0.4) is 0 Å². The predicted octanol–water partition coefficient (Wildman–Crippen LogP) is 2.97. The van der Waals surface area contributed by atoms with E-state index < -0.39 is 17.7 Å². The molecule has 0 aliphatic heterocycles. The molecule has 19 heavy (non-hydrogen) atoms. The maximum Gasteiger partial charge on any atom is 0.371 e. The largest absolute Gasteiger partial charge is 0.475 e. The lowest BCUT2D eigenvalue weighted by Gasteiger charge is -2.07. The van der Waals surface area contributed by atoms with Gasteiger partial charge in [0.25, 0.3) is 0 Å². The molecule has 96 valence electrons. The summed E-state index contributed by atoms with van der Waals surface area (Å²) in [6.07, 6.45) is 0.202. The van der Waals surface area contributed by atoms with Crippen molar-refractivity contribution in [3.05, 3.63) is 59.3 Å². The average molecular weight is 259 g/mol. The van der Waals surface area contributed by atoms with E-state index in [1.54, 1.807) is 6.07 Å². The molecular weight excluding hydrogens is 249 g/mol. The van der Waals surface area contributed by atoms with E-state index in [0.717, 1.165) is 0 Å². The summed E-state index contributed by atoms with van der Waals surface area (Å²) in [5.74, 6) is -1.95. The van der Waals surface area contributed by atoms with Gasteiger partial charge in [0.05, 0.1) is 12.0 Å². The van der Waals surface area contributed by atoms with Crippen LogP contribution in [0.4, 0.5) is 4.39 Å². The molecule has 0 aliphatic carbocycles. The fraction of sp³-hybridized carbons (Fsp3) is 0.143. The third kappa shape index (κ3) is 2.99. The lowest BCUT2D eigenvalue weighted by molar-refractivity contribution is 0.0660. The Bertz CT molecular complexity index is 642. The maximum atomic E-state index is 13.1. The smallest absolute Gasteiger partial charge is 0.371 e. The molecule has 0 saturated heterocycles. The van der Waals surface area contributed by atoms with Gasteiger partial charge in [0.1, 0.15) is 11.6 Å². The van der Waals surface area contributed by atoms with Crippen LogP contribution in [0, 0.1) is 17.1 Å². The number of aromatic carboxylic acids is 1. The standard InChI is InChI=1S/C14H10FNO3/c15-11-3-1-2-9(6-11)10(8-16)7-12-4-5-13(19-12)14(17)18/h1-6,10H,7H2,(H,17,18). The van der Waals surface area contributed by atoms with Crippen molar-refractivity contribution in [2.24, 2.45) is 0 Å². The number of halogens is 1. The summed E-state index contributed by atoms with van der Waals surface area (Å²) in [6, 6.07) is 10.7. The number of carboxylic acids is 1. The fourth-order valence-corrected chi connectivity index (χ4v) is 1.77. The van der Waals surface area contributed by atoms with Gasteiger partial charge in [-0.1, -0.05) is 12.1 Å². The Morgan fingerprint density at radius 2 is 2.21 bits per heavy atom. The van der Waals surface area contributed by atoms with Crippen LogP contribution in [-0.2, 0) is 6.42 Å². The maximum absolute atomic E-state index is 13.1. The number of hydrogen-bond acceptors (Lipinski definition) is 3. The van der Waals surface area contributed by atoms with Crippen LogP contribution in [0.1, 0.15) is 27.8 Å². The minimum Gasteiger partial charge on any atom is -0.475 e. The van der Waals surface area contributed by atoms with E-state index >= 15 is 0 Å². The van der Waals surface area contributed by atoms with Crippen molar-refractivity contribution in [2.45, 2.75) is 12.3 Å². The minimum atomic E-state index is -1.16. The van der Waals surface area contributed by atoms with Crippen molar-refractivity contribution in [1.82, 2.24) is 0 Å². The Labute approximate surface area is 108 Å². The summed E-state index contributed by atoms with van der Waals surface area (Å²) < 4.78 is 18.2. The molecule has 1 N–H and O–H groups in total. The third-order valence-electron chi connectivity index (χ3n) is 2.68. The van der Waals surface area contributed by atoms with Gasteiger partial charge in [0.2, 0.25) is 5.76 Å². The van der Waals surface area contributed by atoms with Gasteiger partial charge in [-0.25, -0.2) is 9.18 Å². The van der Waals surface area contributed by atoms with Gasteiger partial charge in [-0.3, -0.25) is 0 Å². The van der Waals surface area contributed by atoms with Crippen LogP contribution < -0.4 is 0 Å². The Morgan fingerprint density at radius 3 is 2.79 bits per heavy atom. The quantitative estimate of drug-likeness (QED) is 0.915. The van der Waals surface area contributed by atoms with Gasteiger partial charge in [0.15, 0.2) is 0 Å². The van der Waals surface area contributed by atoms with Crippen LogP contribution in [0.2, 0.25) is 0 Å². The minimum absolute atomic E-state index is 0.175. The number of nitrogens with zero attached hydrogens (tertiary/aromatic N) is 1. The summed E-state index contributed by atoms with van der Waals surface area (Å²) in [5.41, 5.74) is 0.538. The predicted molar refractivity (Wildman–Crippen MR) is 64.1 cm³/mol. The number of nitriles is 1. The second-order valence-corrected chi connectivity index (χ2v) is 4.01. The third-order valence-corrected chi connectivity index (χ3v) is 2.68. The normalized spacial score (nSPS) is 11.8. The average Bonchev–Trinajstić information content (AvgIpc) is 2.84. The molecule has 1 atom stereocenters. The Morgan fingerprint density at radius 1 is 1.42 bits per heavy atom. The zero-order chi connectivity index (χ0) is 13.8. The van der Waals surface area contributed by atoms with Gasteiger partial charge in [-0.15, -0.1) is 0 Å². The molecule has 0 amide bonds. The first-order valence-corrected chi connectivity index (χ1v) is 5.57. The monoisotopic (exact) mass is 259 g/mol. The number of rotatable bonds is 4. The van der Waals surface area contributed by atoms with Crippen molar-refractivity contribution in [1.29, 1.82) is 5.26 Å². The number of furan rings is 1. The highest BCUT2D eigenvalue weighted by atomic mass is 19.1. The second kappa shape index (κ2) is 5.36. The molecule has 1 unspecified atom stereocenters. The van der Waals surface area contributed by atoms with Crippen molar-refractivity contribution in [3.8, 4) is 6.07 Å². The van der Waals surface area contributed by atoms with E-state index in [0.29, 0.717) is 11.3 Å². The molecule has 1 heterocycles. The molecule has 0 aliphatic rings. The lowest BCUT2D eigenvalue weighted by Crippen LogP contribution is -2.00. The summed E-state index contributed by atoms with van der Waals surface area (Å²) in [7, 11) is 0. The van der Waals surface area contributed by atoms with Gasteiger partial charge >= 0.3 is 5.97 Å². The SMILES string of the molecule is N#CC(Cc1ccc(C(=O)O)o1)c1cccc(F)c1. The van der Waals surface area contributed by atoms with Crippen molar-refractivity contribution in [3.63, 3.8) is 0 Å². The zero-order valence-electron chi connectivity index (χ0n) is 9.84. The topological polar surface area (TPSA) is 74.2 Å². The van der Waals surface area contributed by atoms with Gasteiger partial charge < -0.3 is 9.52 Å². The van der Waals surface area contributed by atoms with Crippen molar-refractivity contribution >= 4 is 5.97 Å². The second-order valence-electron chi connectivity index (χ2n) is 4.01. The summed E-state index contributed by atoms with van der Waals surface area (Å²) >= 11 is 0. The van der Waals surface area contributed by atoms with E-state index in [1.807, 2.05) is 0 Å². The van der Waals surface area contributed by atoms with E-state index in [2.05, 4.69) is 6.07 Å². The van der Waals surface area contributed by atoms with Gasteiger partial charge in [-0.2, -0.15) is 5.26 Å². The van der Waals surface area contributed by atoms with E-state index in [9.17, 15) is 9.18 Å². The molecule has 5 heteroatoms. The van der Waals surface area contributed by atoms with Crippen LogP contribution in [-0.4, -0.2) is 11.1 Å². The molecule has 1 aromatic carbocycles. The van der Waals surface area contributed by atoms with Crippen LogP contribution >= 0.6 is 0 Å². The molecule has 0 saturated carbocycles. The van der Waals surface area contributed by atoms with Crippen molar-refractivity contribution in [2.75, 3.05) is 0 Å². The Kier molecular flexibility index (Phi) is 3.62. The number of hydrogen-bond donors (Lipinski definition) is 1. The fourth-order valence-electron chi connectivity index (χ4n) is 1.77. The molecule has 0 bridgehead atoms. The highest BCUT2D eigenvalue weighted by Gasteiger charge is 2.16. The Balaban J connectivity index is 2.19. The Hall–Kier alpha value is -2.61. The summed E-state index contributed by atoms with van der Waals surface area (Å²) in [5, 5.41) is 17.9. The van der Waals surface area contributed by atoms with E-state index in [1.165, 1.54) is 30.3 Å². The number of carbonyl (C=O) groups is 1. The van der Waals surface area contributed by atoms with E-state index in [4.69, 9.17) is 14.8 Å². The molecular formula is C14H10FNO3. The highest BCUT2D eigenvalue weighted by molar-refractivity contribution is 5.84. The summed E-state index contributed by atoms with van der Waals surface area (Å²) in [4.78, 5) is 10.7. The number of carboxylic acid groups (broad SMARTS) is 1.